The van der Waals surface area contributed by atoms with Gasteiger partial charge in [0.1, 0.15) is 0 Å². The largest absolute Gasteiger partial charge is 0.367 e. The van der Waals surface area contributed by atoms with Gasteiger partial charge in [-0.25, -0.2) is 0 Å². The maximum Gasteiger partial charge on any atom is 0.256 e. The summed E-state index contributed by atoms with van der Waals surface area (Å²) < 4.78 is 0. The van der Waals surface area contributed by atoms with Crippen LogP contribution in [-0.4, -0.2) is 35.4 Å². The summed E-state index contributed by atoms with van der Waals surface area (Å²) in [6.45, 7) is 4.20. The molecule has 3 rings (SSSR count). The third-order valence-corrected chi connectivity index (χ3v) is 4.16. The molecule has 1 amide bonds. The number of H-pyrrole nitrogens is 1. The summed E-state index contributed by atoms with van der Waals surface area (Å²) in [6, 6.07) is 7.75. The van der Waals surface area contributed by atoms with E-state index in [4.69, 9.17) is 11.6 Å². The van der Waals surface area contributed by atoms with Gasteiger partial charge in [-0.2, -0.15) is 0 Å². The van der Waals surface area contributed by atoms with Gasteiger partial charge in [0.15, 0.2) is 0 Å². The summed E-state index contributed by atoms with van der Waals surface area (Å²) >= 11 is 6.09. The lowest BCUT2D eigenvalue weighted by molar-refractivity contribution is 0.0634. The van der Waals surface area contributed by atoms with Gasteiger partial charge in [0.05, 0.1) is 11.6 Å². The molecule has 0 bridgehead atoms. The standard InChI is InChI=1S/C16H18ClN3O/c1-11-8-19-9-14(11)16(21)20-6-5-18-10-15(20)12-3-2-4-13(17)7-12/h2-4,7-9,15,18-19H,5-6,10H2,1H3. The van der Waals surface area contributed by atoms with Crippen LogP contribution in [0.5, 0.6) is 0 Å². The van der Waals surface area contributed by atoms with Crippen LogP contribution < -0.4 is 5.32 Å². The lowest BCUT2D eigenvalue weighted by Crippen LogP contribution is -2.48. The molecule has 0 aliphatic carbocycles. The molecule has 1 aliphatic heterocycles. The van der Waals surface area contributed by atoms with Crippen molar-refractivity contribution in [3.05, 3.63) is 58.4 Å². The van der Waals surface area contributed by atoms with E-state index in [1.807, 2.05) is 42.3 Å². The molecule has 0 saturated carbocycles. The molecule has 110 valence electrons. The van der Waals surface area contributed by atoms with Crippen molar-refractivity contribution >= 4 is 17.5 Å². The van der Waals surface area contributed by atoms with Gasteiger partial charge in [-0.15, -0.1) is 0 Å². The topological polar surface area (TPSA) is 48.1 Å². The van der Waals surface area contributed by atoms with Gasteiger partial charge in [-0.05, 0) is 30.2 Å². The van der Waals surface area contributed by atoms with Crippen LogP contribution in [0.2, 0.25) is 5.02 Å². The molecule has 21 heavy (non-hydrogen) atoms. The summed E-state index contributed by atoms with van der Waals surface area (Å²) in [5.41, 5.74) is 2.78. The van der Waals surface area contributed by atoms with E-state index < -0.39 is 0 Å². The second kappa shape index (κ2) is 5.92. The van der Waals surface area contributed by atoms with E-state index in [1.165, 1.54) is 0 Å². The molecule has 0 radical (unpaired) electrons. The third kappa shape index (κ3) is 2.82. The Labute approximate surface area is 129 Å². The summed E-state index contributed by atoms with van der Waals surface area (Å²) in [6.07, 6.45) is 3.62. The Morgan fingerprint density at radius 2 is 2.24 bits per heavy atom. The van der Waals surface area contributed by atoms with Gasteiger partial charge in [0, 0.05) is 37.1 Å². The van der Waals surface area contributed by atoms with Crippen molar-refractivity contribution in [2.75, 3.05) is 19.6 Å². The monoisotopic (exact) mass is 303 g/mol. The highest BCUT2D eigenvalue weighted by Crippen LogP contribution is 2.26. The summed E-state index contributed by atoms with van der Waals surface area (Å²) in [5.74, 6) is 0.0697. The number of halogens is 1. The lowest BCUT2D eigenvalue weighted by atomic mass is 10.0. The number of carbonyl (C=O) groups excluding carboxylic acids is 1. The van der Waals surface area contributed by atoms with Gasteiger partial charge >= 0.3 is 0 Å². The molecule has 2 heterocycles. The number of nitrogens with zero attached hydrogens (tertiary/aromatic N) is 1. The van der Waals surface area contributed by atoms with E-state index in [1.54, 1.807) is 6.20 Å². The SMILES string of the molecule is Cc1c[nH]cc1C(=O)N1CCNCC1c1cccc(Cl)c1. The van der Waals surface area contributed by atoms with Gasteiger partial charge in [0.2, 0.25) is 0 Å². The highest BCUT2D eigenvalue weighted by molar-refractivity contribution is 6.30. The quantitative estimate of drug-likeness (QED) is 0.896. The Morgan fingerprint density at radius 1 is 1.38 bits per heavy atom. The second-order valence-corrected chi connectivity index (χ2v) is 5.76. The minimum Gasteiger partial charge on any atom is -0.367 e. The maximum atomic E-state index is 12.8. The highest BCUT2D eigenvalue weighted by Gasteiger charge is 2.29. The zero-order valence-corrected chi connectivity index (χ0v) is 12.7. The number of hydrogen-bond donors (Lipinski definition) is 2. The fraction of sp³-hybridized carbons (Fsp3) is 0.312. The summed E-state index contributed by atoms with van der Waals surface area (Å²) in [5, 5.41) is 4.05. The van der Waals surface area contributed by atoms with E-state index in [0.717, 1.165) is 29.8 Å². The predicted octanol–water partition coefficient (Wildman–Crippen LogP) is 2.76. The van der Waals surface area contributed by atoms with Crippen LogP contribution in [0, 0.1) is 6.92 Å². The molecule has 2 aromatic rings. The molecule has 0 spiro atoms. The molecule has 4 nitrogen and oxygen atoms in total. The number of hydrogen-bond acceptors (Lipinski definition) is 2. The van der Waals surface area contributed by atoms with E-state index in [-0.39, 0.29) is 11.9 Å². The first-order valence-corrected chi connectivity index (χ1v) is 7.45. The molecule has 1 aromatic heterocycles. The Bertz CT molecular complexity index is 652. The van der Waals surface area contributed by atoms with E-state index in [2.05, 4.69) is 10.3 Å². The van der Waals surface area contributed by atoms with Crippen molar-refractivity contribution < 1.29 is 4.79 Å². The van der Waals surface area contributed by atoms with E-state index in [0.29, 0.717) is 11.6 Å². The van der Waals surface area contributed by atoms with Crippen molar-refractivity contribution in [3.8, 4) is 0 Å². The first kappa shape index (κ1) is 14.2. The van der Waals surface area contributed by atoms with E-state index >= 15 is 0 Å². The first-order chi connectivity index (χ1) is 10.2. The zero-order chi connectivity index (χ0) is 14.8. The average molecular weight is 304 g/mol. The minimum atomic E-state index is 0.0132. The van der Waals surface area contributed by atoms with Crippen molar-refractivity contribution in [2.24, 2.45) is 0 Å². The number of carbonyl (C=O) groups is 1. The lowest BCUT2D eigenvalue weighted by Gasteiger charge is -2.36. The zero-order valence-electron chi connectivity index (χ0n) is 11.9. The number of benzene rings is 1. The smallest absolute Gasteiger partial charge is 0.256 e. The van der Waals surface area contributed by atoms with Crippen molar-refractivity contribution in [1.29, 1.82) is 0 Å². The Hall–Kier alpha value is -1.78. The Kier molecular flexibility index (Phi) is 3.99. The normalized spacial score (nSPS) is 18.8. The minimum absolute atomic E-state index is 0.0132. The molecule has 2 N–H and O–H groups in total. The van der Waals surface area contributed by atoms with Crippen LogP contribution in [0.4, 0.5) is 0 Å². The molecule has 1 fully saturated rings. The van der Waals surface area contributed by atoms with Crippen molar-refractivity contribution in [1.82, 2.24) is 15.2 Å². The molecule has 1 saturated heterocycles. The van der Waals surface area contributed by atoms with Crippen LogP contribution in [0.3, 0.4) is 0 Å². The van der Waals surface area contributed by atoms with Crippen LogP contribution in [0.25, 0.3) is 0 Å². The number of rotatable bonds is 2. The fourth-order valence-corrected chi connectivity index (χ4v) is 2.98. The van der Waals surface area contributed by atoms with Crippen LogP contribution in [0.15, 0.2) is 36.7 Å². The molecular formula is C16H18ClN3O. The Morgan fingerprint density at radius 3 is 2.95 bits per heavy atom. The number of aryl methyl sites for hydroxylation is 1. The number of amides is 1. The highest BCUT2D eigenvalue weighted by atomic mass is 35.5. The summed E-state index contributed by atoms with van der Waals surface area (Å²) in [7, 11) is 0. The number of nitrogens with one attached hydrogen (secondary N) is 2. The number of aromatic nitrogens is 1. The first-order valence-electron chi connectivity index (χ1n) is 7.07. The van der Waals surface area contributed by atoms with Crippen LogP contribution in [0.1, 0.15) is 27.5 Å². The fourth-order valence-electron chi connectivity index (χ4n) is 2.79. The average Bonchev–Trinajstić information content (AvgIpc) is 2.93. The number of piperazine rings is 1. The van der Waals surface area contributed by atoms with Crippen LogP contribution >= 0.6 is 11.6 Å². The molecule has 1 aromatic carbocycles. The van der Waals surface area contributed by atoms with Gasteiger partial charge in [-0.3, -0.25) is 4.79 Å². The Balaban J connectivity index is 1.92. The van der Waals surface area contributed by atoms with Gasteiger partial charge in [-0.1, -0.05) is 23.7 Å². The maximum absolute atomic E-state index is 12.8. The van der Waals surface area contributed by atoms with Gasteiger partial charge < -0.3 is 15.2 Å². The molecule has 1 unspecified atom stereocenters. The third-order valence-electron chi connectivity index (χ3n) is 3.92. The molecular weight excluding hydrogens is 286 g/mol. The van der Waals surface area contributed by atoms with Crippen molar-refractivity contribution in [3.63, 3.8) is 0 Å². The van der Waals surface area contributed by atoms with Gasteiger partial charge in [0.25, 0.3) is 5.91 Å². The number of aromatic amines is 1. The summed E-state index contributed by atoms with van der Waals surface area (Å²) in [4.78, 5) is 17.7. The second-order valence-electron chi connectivity index (χ2n) is 5.33. The van der Waals surface area contributed by atoms with Crippen LogP contribution in [-0.2, 0) is 0 Å². The molecule has 5 heteroatoms. The predicted molar refractivity (Wildman–Crippen MR) is 83.6 cm³/mol. The van der Waals surface area contributed by atoms with E-state index in [9.17, 15) is 4.79 Å². The van der Waals surface area contributed by atoms with Crippen molar-refractivity contribution in [2.45, 2.75) is 13.0 Å². The molecule has 1 atom stereocenters. The molecule has 1 aliphatic rings.